The third-order valence-corrected chi connectivity index (χ3v) is 4.30. The van der Waals surface area contributed by atoms with E-state index in [2.05, 4.69) is 20.2 Å². The van der Waals surface area contributed by atoms with Gasteiger partial charge in [0.1, 0.15) is 0 Å². The van der Waals surface area contributed by atoms with E-state index in [1.54, 1.807) is 0 Å². The Labute approximate surface area is 176 Å². The number of hydrogen-bond acceptors (Lipinski definition) is 4. The quantitative estimate of drug-likeness (QED) is 0.241. The fourth-order valence-electron chi connectivity index (χ4n) is 2.70. The zero-order valence-electron chi connectivity index (χ0n) is 16.3. The van der Waals surface area contributed by atoms with E-state index in [1.807, 2.05) is 122 Å². The molecule has 0 spiro atoms. The van der Waals surface area contributed by atoms with Gasteiger partial charge < -0.3 is 0 Å². The highest BCUT2D eigenvalue weighted by Gasteiger charge is 1.94. The summed E-state index contributed by atoms with van der Waals surface area (Å²) in [5.74, 6) is 0. The van der Waals surface area contributed by atoms with Crippen molar-refractivity contribution >= 4 is 35.2 Å². The molecule has 4 rings (SSSR count). The zero-order valence-corrected chi connectivity index (χ0v) is 16.3. The Bertz CT molecular complexity index is 1050. The average molecular weight is 388 g/mol. The molecule has 30 heavy (non-hydrogen) atoms. The van der Waals surface area contributed by atoms with Gasteiger partial charge in [0.15, 0.2) is 0 Å². The Morgan fingerprint density at radius 2 is 0.700 bits per heavy atom. The minimum absolute atomic E-state index is 0.778. The van der Waals surface area contributed by atoms with Crippen molar-refractivity contribution in [2.24, 2.45) is 20.2 Å². The number of nitrogens with zero attached hydrogens (tertiary/aromatic N) is 4. The summed E-state index contributed by atoms with van der Waals surface area (Å²) >= 11 is 0. The third-order valence-electron chi connectivity index (χ3n) is 4.30. The molecule has 0 unspecified atom stereocenters. The molecule has 0 aliphatic carbocycles. The van der Waals surface area contributed by atoms with Crippen LogP contribution in [0.5, 0.6) is 0 Å². The summed E-state index contributed by atoms with van der Waals surface area (Å²) in [6.45, 7) is 0. The highest BCUT2D eigenvalue weighted by atomic mass is 15.1. The largest absolute Gasteiger partial charge is 0.256 e. The minimum Gasteiger partial charge on any atom is -0.256 e. The van der Waals surface area contributed by atoms with Gasteiger partial charge in [-0.1, -0.05) is 60.7 Å². The molecule has 0 radical (unpaired) electrons. The Hall–Kier alpha value is -4.18. The van der Waals surface area contributed by atoms with Crippen molar-refractivity contribution in [2.75, 3.05) is 0 Å². The number of benzene rings is 4. The smallest absolute Gasteiger partial charge is 0.0858 e. The van der Waals surface area contributed by atoms with Crippen molar-refractivity contribution in [3.8, 4) is 0 Å². The van der Waals surface area contributed by atoms with Crippen LogP contribution in [0.1, 0.15) is 11.1 Å². The minimum atomic E-state index is 0.778. The summed E-state index contributed by atoms with van der Waals surface area (Å²) in [6.07, 6.45) is 3.69. The Morgan fingerprint density at radius 3 is 1.07 bits per heavy atom. The zero-order chi connectivity index (χ0) is 20.4. The van der Waals surface area contributed by atoms with E-state index in [0.29, 0.717) is 0 Å². The van der Waals surface area contributed by atoms with Crippen molar-refractivity contribution in [3.05, 3.63) is 120 Å². The lowest BCUT2D eigenvalue weighted by Crippen LogP contribution is -1.77. The molecule has 0 saturated heterocycles. The summed E-state index contributed by atoms with van der Waals surface area (Å²) in [5.41, 5.74) is 5.44. The number of hydrogen-bond donors (Lipinski definition) is 0. The van der Waals surface area contributed by atoms with Gasteiger partial charge >= 0.3 is 0 Å². The van der Waals surface area contributed by atoms with Crippen LogP contribution in [0.2, 0.25) is 0 Å². The molecule has 0 bridgehead atoms. The lowest BCUT2D eigenvalue weighted by molar-refractivity contribution is 1.23. The van der Waals surface area contributed by atoms with Gasteiger partial charge in [-0.25, -0.2) is 0 Å². The van der Waals surface area contributed by atoms with Crippen LogP contribution in [0.4, 0.5) is 22.7 Å². The standard InChI is InChI=1S/C26H20N4/c1-3-7-21(8-4-1)19-27-23-11-15-25(16-12-23)29-30-26-17-13-24(14-18-26)28-20-22-9-5-2-6-10-22/h1-20H/b27-19?,28-20?,30-29+. The van der Waals surface area contributed by atoms with Gasteiger partial charge in [-0.3, -0.25) is 9.98 Å². The predicted octanol–water partition coefficient (Wildman–Crippen LogP) is 7.60. The first kappa shape index (κ1) is 19.2. The molecular formula is C26H20N4. The van der Waals surface area contributed by atoms with E-state index in [9.17, 15) is 0 Å². The molecule has 0 heterocycles. The Kier molecular flexibility index (Phi) is 6.28. The van der Waals surface area contributed by atoms with Gasteiger partial charge in [0.2, 0.25) is 0 Å². The second kappa shape index (κ2) is 9.85. The molecule has 0 aromatic heterocycles. The van der Waals surface area contributed by atoms with Crippen molar-refractivity contribution < 1.29 is 0 Å². The van der Waals surface area contributed by atoms with Crippen LogP contribution < -0.4 is 0 Å². The van der Waals surface area contributed by atoms with Gasteiger partial charge in [0.25, 0.3) is 0 Å². The van der Waals surface area contributed by atoms with Crippen molar-refractivity contribution in [2.45, 2.75) is 0 Å². The molecule has 4 heteroatoms. The third kappa shape index (κ3) is 5.66. The SMILES string of the molecule is C(=Nc1ccc(/N=N/c2ccc(N=Cc3ccccc3)cc2)cc1)c1ccccc1. The van der Waals surface area contributed by atoms with E-state index >= 15 is 0 Å². The van der Waals surface area contributed by atoms with Crippen LogP contribution in [-0.2, 0) is 0 Å². The van der Waals surface area contributed by atoms with Crippen LogP contribution in [0.15, 0.2) is 129 Å². The van der Waals surface area contributed by atoms with Crippen molar-refractivity contribution in [1.82, 2.24) is 0 Å². The van der Waals surface area contributed by atoms with E-state index in [-0.39, 0.29) is 0 Å². The molecule has 144 valence electrons. The lowest BCUT2D eigenvalue weighted by atomic mass is 10.2. The monoisotopic (exact) mass is 388 g/mol. The molecule has 0 N–H and O–H groups in total. The van der Waals surface area contributed by atoms with Gasteiger partial charge in [-0.2, -0.15) is 10.2 Å². The van der Waals surface area contributed by atoms with E-state index < -0.39 is 0 Å². The van der Waals surface area contributed by atoms with Gasteiger partial charge in [-0.15, -0.1) is 0 Å². The summed E-state index contributed by atoms with van der Waals surface area (Å²) in [7, 11) is 0. The summed E-state index contributed by atoms with van der Waals surface area (Å²) in [5, 5.41) is 8.59. The molecule has 4 aromatic carbocycles. The van der Waals surface area contributed by atoms with Crippen LogP contribution in [0.25, 0.3) is 0 Å². The highest BCUT2D eigenvalue weighted by molar-refractivity contribution is 5.82. The molecular weight excluding hydrogens is 368 g/mol. The first-order valence-electron chi connectivity index (χ1n) is 9.65. The lowest BCUT2D eigenvalue weighted by Gasteiger charge is -1.97. The maximum absolute atomic E-state index is 4.47. The fourth-order valence-corrected chi connectivity index (χ4v) is 2.70. The molecule has 4 aromatic rings. The van der Waals surface area contributed by atoms with E-state index in [1.165, 1.54) is 0 Å². The molecule has 0 aliphatic heterocycles. The first-order chi connectivity index (χ1) is 14.8. The van der Waals surface area contributed by atoms with Crippen LogP contribution >= 0.6 is 0 Å². The van der Waals surface area contributed by atoms with Crippen LogP contribution in [-0.4, -0.2) is 12.4 Å². The molecule has 4 nitrogen and oxygen atoms in total. The summed E-state index contributed by atoms with van der Waals surface area (Å²) in [4.78, 5) is 8.95. The average Bonchev–Trinajstić information content (AvgIpc) is 2.83. The number of aliphatic imine (C=N–C) groups is 2. The Morgan fingerprint density at radius 1 is 0.367 bits per heavy atom. The number of azo groups is 1. The highest BCUT2D eigenvalue weighted by Crippen LogP contribution is 2.23. The Balaban J connectivity index is 1.36. The second-order valence-corrected chi connectivity index (χ2v) is 6.57. The maximum Gasteiger partial charge on any atom is 0.0858 e. The molecule has 0 amide bonds. The summed E-state index contributed by atoms with van der Waals surface area (Å²) < 4.78 is 0. The molecule has 0 fully saturated rings. The molecule has 0 saturated carbocycles. The van der Waals surface area contributed by atoms with Gasteiger partial charge in [0.05, 0.1) is 22.7 Å². The van der Waals surface area contributed by atoms with Crippen molar-refractivity contribution in [1.29, 1.82) is 0 Å². The van der Waals surface area contributed by atoms with Crippen molar-refractivity contribution in [3.63, 3.8) is 0 Å². The predicted molar refractivity (Wildman–Crippen MR) is 124 cm³/mol. The number of rotatable bonds is 6. The summed E-state index contributed by atoms with van der Waals surface area (Å²) in [6, 6.07) is 35.3. The van der Waals surface area contributed by atoms with Gasteiger partial charge in [0, 0.05) is 12.4 Å². The maximum atomic E-state index is 4.47. The van der Waals surface area contributed by atoms with Crippen LogP contribution in [0, 0.1) is 0 Å². The topological polar surface area (TPSA) is 49.4 Å². The second-order valence-electron chi connectivity index (χ2n) is 6.57. The molecule has 0 atom stereocenters. The molecule has 0 aliphatic rings. The van der Waals surface area contributed by atoms with Crippen LogP contribution in [0.3, 0.4) is 0 Å². The van der Waals surface area contributed by atoms with E-state index in [4.69, 9.17) is 0 Å². The first-order valence-corrected chi connectivity index (χ1v) is 9.65. The van der Waals surface area contributed by atoms with E-state index in [0.717, 1.165) is 33.9 Å². The normalized spacial score (nSPS) is 11.6. The van der Waals surface area contributed by atoms with Gasteiger partial charge in [-0.05, 0) is 59.7 Å². The fraction of sp³-hybridized carbons (Fsp3) is 0.